The van der Waals surface area contributed by atoms with Gasteiger partial charge >= 0.3 is 0 Å². The van der Waals surface area contributed by atoms with Crippen LogP contribution in [0.5, 0.6) is 5.75 Å². The first-order valence-corrected chi connectivity index (χ1v) is 10.8. The molecule has 0 unspecified atom stereocenters. The van der Waals surface area contributed by atoms with Crippen LogP contribution in [0.25, 0.3) is 22.8 Å². The van der Waals surface area contributed by atoms with Crippen LogP contribution in [0.2, 0.25) is 5.02 Å². The molecule has 2 aromatic carbocycles. The summed E-state index contributed by atoms with van der Waals surface area (Å²) in [5, 5.41) is 4.86. The Hall–Kier alpha value is -3.58. The molecule has 0 aliphatic carbocycles. The molecule has 1 fully saturated rings. The Morgan fingerprint density at radius 3 is 2.34 bits per heavy atom. The van der Waals surface area contributed by atoms with Crippen molar-refractivity contribution in [2.24, 2.45) is 0 Å². The van der Waals surface area contributed by atoms with Gasteiger partial charge < -0.3 is 19.1 Å². The minimum absolute atomic E-state index is 0.445. The molecule has 2 aromatic heterocycles. The summed E-state index contributed by atoms with van der Waals surface area (Å²) in [6.07, 6.45) is 1.78. The van der Waals surface area contributed by atoms with Gasteiger partial charge in [-0.25, -0.2) is 4.98 Å². The lowest BCUT2D eigenvalue weighted by atomic mass is 10.2. The Morgan fingerprint density at radius 1 is 0.906 bits per heavy atom. The highest BCUT2D eigenvalue weighted by atomic mass is 35.5. The van der Waals surface area contributed by atoms with Crippen LogP contribution in [0, 0.1) is 0 Å². The lowest BCUT2D eigenvalue weighted by Crippen LogP contribution is -2.46. The second-order valence-corrected chi connectivity index (χ2v) is 7.95. The first kappa shape index (κ1) is 20.3. The number of ether oxygens (including phenoxy) is 1. The molecule has 0 bridgehead atoms. The number of methoxy groups -OCH3 is 1. The molecule has 1 saturated heterocycles. The van der Waals surface area contributed by atoms with Gasteiger partial charge in [0.05, 0.1) is 12.7 Å². The molecule has 1 aliphatic heterocycles. The summed E-state index contributed by atoms with van der Waals surface area (Å²) in [7, 11) is 1.64. The zero-order valence-corrected chi connectivity index (χ0v) is 18.4. The largest absolute Gasteiger partial charge is 0.497 e. The van der Waals surface area contributed by atoms with E-state index in [1.807, 2.05) is 54.6 Å². The van der Waals surface area contributed by atoms with Gasteiger partial charge in [-0.15, -0.1) is 0 Å². The van der Waals surface area contributed by atoms with Crippen LogP contribution in [-0.4, -0.2) is 48.4 Å². The summed E-state index contributed by atoms with van der Waals surface area (Å²) in [5.41, 5.74) is 2.81. The highest BCUT2D eigenvalue weighted by molar-refractivity contribution is 6.30. The molecule has 7 nitrogen and oxygen atoms in total. The van der Waals surface area contributed by atoms with Crippen molar-refractivity contribution in [1.82, 2.24) is 15.1 Å². The number of halogens is 1. The van der Waals surface area contributed by atoms with Gasteiger partial charge in [0, 0.05) is 48.6 Å². The Bertz CT molecular complexity index is 1190. The third-order valence-electron chi connectivity index (χ3n) is 5.55. The van der Waals surface area contributed by atoms with Crippen molar-refractivity contribution >= 4 is 23.1 Å². The molecule has 3 heterocycles. The van der Waals surface area contributed by atoms with Crippen molar-refractivity contribution in [3.05, 3.63) is 71.9 Å². The number of benzene rings is 2. The number of nitrogens with zero attached hydrogens (tertiary/aromatic N) is 5. The summed E-state index contributed by atoms with van der Waals surface area (Å²) < 4.78 is 10.6. The SMILES string of the molecule is COc1ccc(-c2noc(-c3ccc(N4CCN(c5cccc(Cl)c5)CC4)nc3)n2)cc1. The minimum Gasteiger partial charge on any atom is -0.497 e. The van der Waals surface area contributed by atoms with Gasteiger partial charge in [-0.05, 0) is 54.6 Å². The van der Waals surface area contributed by atoms with Crippen molar-refractivity contribution < 1.29 is 9.26 Å². The fourth-order valence-electron chi connectivity index (χ4n) is 3.76. The van der Waals surface area contributed by atoms with Gasteiger partial charge in [-0.3, -0.25) is 0 Å². The van der Waals surface area contributed by atoms with E-state index >= 15 is 0 Å². The van der Waals surface area contributed by atoms with E-state index in [1.54, 1.807) is 13.3 Å². The molecule has 0 N–H and O–H groups in total. The van der Waals surface area contributed by atoms with Crippen LogP contribution in [0.4, 0.5) is 11.5 Å². The van der Waals surface area contributed by atoms with Crippen molar-refractivity contribution in [1.29, 1.82) is 0 Å². The van der Waals surface area contributed by atoms with Gasteiger partial charge in [0.15, 0.2) is 0 Å². The second-order valence-electron chi connectivity index (χ2n) is 7.51. The Morgan fingerprint density at radius 2 is 1.66 bits per heavy atom. The Balaban J connectivity index is 1.24. The molecule has 162 valence electrons. The number of aromatic nitrogens is 3. The van der Waals surface area contributed by atoms with Crippen LogP contribution < -0.4 is 14.5 Å². The number of rotatable bonds is 5. The molecule has 8 heteroatoms. The maximum absolute atomic E-state index is 6.13. The average molecular weight is 448 g/mol. The van der Waals surface area contributed by atoms with Gasteiger partial charge in [-0.1, -0.05) is 22.8 Å². The van der Waals surface area contributed by atoms with Crippen molar-refractivity contribution in [3.63, 3.8) is 0 Å². The number of hydrogen-bond donors (Lipinski definition) is 0. The summed E-state index contributed by atoms with van der Waals surface area (Å²) in [6.45, 7) is 3.61. The fourth-order valence-corrected chi connectivity index (χ4v) is 3.95. The lowest BCUT2D eigenvalue weighted by molar-refractivity contribution is 0.415. The Labute approximate surface area is 191 Å². The maximum atomic E-state index is 6.13. The summed E-state index contributed by atoms with van der Waals surface area (Å²) in [5.74, 6) is 2.70. The number of anilines is 2. The fraction of sp³-hybridized carbons (Fsp3) is 0.208. The van der Waals surface area contributed by atoms with Gasteiger partial charge in [0.1, 0.15) is 11.6 Å². The van der Waals surface area contributed by atoms with E-state index < -0.39 is 0 Å². The lowest BCUT2D eigenvalue weighted by Gasteiger charge is -2.36. The molecular formula is C24H22ClN5O2. The van der Waals surface area contributed by atoms with E-state index in [9.17, 15) is 0 Å². The summed E-state index contributed by atoms with van der Waals surface area (Å²) >= 11 is 6.13. The van der Waals surface area contributed by atoms with Gasteiger partial charge in [0.25, 0.3) is 5.89 Å². The molecule has 0 atom stereocenters. The standard InChI is InChI=1S/C24H22ClN5O2/c1-31-21-8-5-17(6-9-21)23-27-24(32-28-23)18-7-10-22(26-16-18)30-13-11-29(12-14-30)20-4-2-3-19(25)15-20/h2-10,15-16H,11-14H2,1H3. The van der Waals surface area contributed by atoms with Crippen LogP contribution in [-0.2, 0) is 0 Å². The third kappa shape index (κ3) is 4.24. The van der Waals surface area contributed by atoms with Crippen LogP contribution in [0.3, 0.4) is 0 Å². The molecule has 5 rings (SSSR count). The second kappa shape index (κ2) is 8.88. The molecule has 0 spiro atoms. The van der Waals surface area contributed by atoms with Crippen LogP contribution in [0.15, 0.2) is 71.4 Å². The predicted octanol–water partition coefficient (Wildman–Crippen LogP) is 4.79. The van der Waals surface area contributed by atoms with Crippen molar-refractivity contribution in [3.8, 4) is 28.6 Å². The zero-order chi connectivity index (χ0) is 21.9. The molecule has 32 heavy (non-hydrogen) atoms. The van der Waals surface area contributed by atoms with Crippen LogP contribution in [0.1, 0.15) is 0 Å². The topological polar surface area (TPSA) is 67.5 Å². The van der Waals surface area contributed by atoms with Gasteiger partial charge in [0.2, 0.25) is 5.82 Å². The number of pyridine rings is 1. The summed E-state index contributed by atoms with van der Waals surface area (Å²) in [4.78, 5) is 13.8. The first-order chi connectivity index (χ1) is 15.7. The number of hydrogen-bond acceptors (Lipinski definition) is 7. The quantitative estimate of drug-likeness (QED) is 0.435. The predicted molar refractivity (Wildman–Crippen MR) is 125 cm³/mol. The minimum atomic E-state index is 0.445. The molecule has 1 aliphatic rings. The first-order valence-electron chi connectivity index (χ1n) is 10.4. The maximum Gasteiger partial charge on any atom is 0.259 e. The summed E-state index contributed by atoms with van der Waals surface area (Å²) in [6, 6.07) is 19.5. The molecule has 4 aromatic rings. The van der Waals surface area contributed by atoms with E-state index in [-0.39, 0.29) is 0 Å². The molecule has 0 amide bonds. The van der Waals surface area contributed by atoms with E-state index in [2.05, 4.69) is 31.0 Å². The molecular weight excluding hydrogens is 426 g/mol. The monoisotopic (exact) mass is 447 g/mol. The van der Waals surface area contributed by atoms with E-state index in [0.717, 1.165) is 59.6 Å². The highest BCUT2D eigenvalue weighted by Gasteiger charge is 2.19. The smallest absolute Gasteiger partial charge is 0.259 e. The van der Waals surface area contributed by atoms with E-state index in [1.165, 1.54) is 0 Å². The van der Waals surface area contributed by atoms with E-state index in [0.29, 0.717) is 11.7 Å². The molecule has 0 saturated carbocycles. The van der Waals surface area contributed by atoms with E-state index in [4.69, 9.17) is 20.9 Å². The molecule has 0 radical (unpaired) electrons. The third-order valence-corrected chi connectivity index (χ3v) is 5.78. The Kier molecular flexibility index (Phi) is 5.64. The van der Waals surface area contributed by atoms with Crippen molar-refractivity contribution in [2.75, 3.05) is 43.1 Å². The van der Waals surface area contributed by atoms with Crippen molar-refractivity contribution in [2.45, 2.75) is 0 Å². The van der Waals surface area contributed by atoms with Gasteiger partial charge in [-0.2, -0.15) is 4.98 Å². The highest BCUT2D eigenvalue weighted by Crippen LogP contribution is 2.26. The van der Waals surface area contributed by atoms with Crippen LogP contribution >= 0.6 is 11.6 Å². The average Bonchev–Trinajstić information content (AvgIpc) is 3.35. The number of piperazine rings is 1. The normalized spacial score (nSPS) is 13.9. The zero-order valence-electron chi connectivity index (χ0n) is 17.6.